The minimum absolute atomic E-state index is 0.0777. The Labute approximate surface area is 125 Å². The van der Waals surface area contributed by atoms with Gasteiger partial charge in [-0.3, -0.25) is 9.69 Å². The Morgan fingerprint density at radius 1 is 1.19 bits per heavy atom. The van der Waals surface area contributed by atoms with Gasteiger partial charge >= 0.3 is 0 Å². The molecule has 110 valence electrons. The molecule has 0 N–H and O–H groups in total. The average molecular weight is 285 g/mol. The van der Waals surface area contributed by atoms with Crippen LogP contribution in [0.4, 0.5) is 4.39 Å². The topological polar surface area (TPSA) is 20.3 Å². The summed E-state index contributed by atoms with van der Waals surface area (Å²) in [4.78, 5) is 14.4. The van der Waals surface area contributed by atoms with Crippen LogP contribution in [-0.4, -0.2) is 23.8 Å². The van der Waals surface area contributed by atoms with E-state index in [1.165, 1.54) is 12.1 Å². The smallest absolute Gasteiger partial charge is 0.179 e. The van der Waals surface area contributed by atoms with Gasteiger partial charge in [-0.1, -0.05) is 42.0 Å². The maximum Gasteiger partial charge on any atom is 0.179 e. The highest BCUT2D eigenvalue weighted by Gasteiger charge is 2.19. The van der Waals surface area contributed by atoms with Crippen LogP contribution in [-0.2, 0) is 6.54 Å². The number of likely N-dealkylation sites (N-methyl/N-ethyl adjacent to an activating group) is 1. The monoisotopic (exact) mass is 285 g/mol. The molecule has 0 amide bonds. The lowest BCUT2D eigenvalue weighted by Crippen LogP contribution is -2.35. The molecule has 0 spiro atoms. The zero-order valence-corrected chi connectivity index (χ0v) is 12.6. The Hall–Kier alpha value is -2.00. The normalized spacial score (nSPS) is 12.4. The summed E-state index contributed by atoms with van der Waals surface area (Å²) >= 11 is 0. The lowest BCUT2D eigenvalue weighted by Gasteiger charge is -2.23. The molecule has 0 radical (unpaired) electrons. The first kappa shape index (κ1) is 15.4. The number of rotatable bonds is 5. The van der Waals surface area contributed by atoms with Crippen molar-refractivity contribution in [1.82, 2.24) is 4.90 Å². The van der Waals surface area contributed by atoms with Gasteiger partial charge in [0, 0.05) is 12.1 Å². The third-order valence-electron chi connectivity index (χ3n) is 3.70. The Bertz CT molecular complexity index is 621. The van der Waals surface area contributed by atoms with Gasteiger partial charge in [0.05, 0.1) is 6.04 Å². The summed E-state index contributed by atoms with van der Waals surface area (Å²) < 4.78 is 13.2. The fourth-order valence-electron chi connectivity index (χ4n) is 2.22. The second-order valence-electron chi connectivity index (χ2n) is 5.45. The molecule has 1 unspecified atom stereocenters. The van der Waals surface area contributed by atoms with E-state index >= 15 is 0 Å². The molecule has 2 aromatic rings. The Balaban J connectivity index is 2.06. The number of nitrogens with zero attached hydrogens (tertiary/aromatic N) is 1. The van der Waals surface area contributed by atoms with Gasteiger partial charge in [0.15, 0.2) is 5.78 Å². The minimum Gasteiger partial charge on any atom is -0.292 e. The number of carbonyl (C=O) groups excluding carboxylic acids is 1. The summed E-state index contributed by atoms with van der Waals surface area (Å²) in [6, 6.07) is 13.8. The van der Waals surface area contributed by atoms with E-state index in [0.29, 0.717) is 12.1 Å². The zero-order chi connectivity index (χ0) is 15.4. The molecule has 0 aliphatic carbocycles. The molecule has 3 heteroatoms. The second-order valence-corrected chi connectivity index (χ2v) is 5.45. The first-order chi connectivity index (χ1) is 9.97. The summed E-state index contributed by atoms with van der Waals surface area (Å²) in [6.45, 7) is 4.41. The predicted octanol–water partition coefficient (Wildman–Crippen LogP) is 3.84. The lowest BCUT2D eigenvalue weighted by atomic mass is 10.0. The molecule has 0 aliphatic rings. The molecule has 0 heterocycles. The van der Waals surface area contributed by atoms with Crippen molar-refractivity contribution in [3.05, 3.63) is 71.0 Å². The third-order valence-corrected chi connectivity index (χ3v) is 3.70. The van der Waals surface area contributed by atoms with Crippen LogP contribution in [0.15, 0.2) is 48.5 Å². The van der Waals surface area contributed by atoms with Crippen molar-refractivity contribution in [3.8, 4) is 0 Å². The fraction of sp³-hybridized carbons (Fsp3) is 0.278. The minimum atomic E-state index is -0.254. The molecule has 0 aliphatic heterocycles. The van der Waals surface area contributed by atoms with Crippen molar-refractivity contribution in [2.45, 2.75) is 26.4 Å². The van der Waals surface area contributed by atoms with Crippen LogP contribution in [0.1, 0.15) is 28.4 Å². The quantitative estimate of drug-likeness (QED) is 0.778. The van der Waals surface area contributed by atoms with Gasteiger partial charge in [-0.25, -0.2) is 4.39 Å². The predicted molar refractivity (Wildman–Crippen MR) is 82.8 cm³/mol. The number of aryl methyl sites for hydroxylation is 1. The van der Waals surface area contributed by atoms with Gasteiger partial charge in [-0.2, -0.15) is 0 Å². The molecule has 0 saturated heterocycles. The number of carbonyl (C=O) groups is 1. The third kappa shape index (κ3) is 3.99. The van der Waals surface area contributed by atoms with Crippen molar-refractivity contribution >= 4 is 5.78 Å². The largest absolute Gasteiger partial charge is 0.292 e. The standard InChI is InChI=1S/C18H20FNO/c1-13-7-9-16(10-8-13)18(21)14(2)20(3)12-15-5-4-6-17(19)11-15/h4-11,14H,12H2,1-3H3. The highest BCUT2D eigenvalue weighted by molar-refractivity contribution is 5.99. The van der Waals surface area contributed by atoms with E-state index in [1.807, 2.05) is 56.1 Å². The number of ketones is 1. The molecule has 0 bridgehead atoms. The highest BCUT2D eigenvalue weighted by atomic mass is 19.1. The molecule has 2 aromatic carbocycles. The van der Waals surface area contributed by atoms with Crippen molar-refractivity contribution in [3.63, 3.8) is 0 Å². The average Bonchev–Trinajstić information content (AvgIpc) is 2.46. The van der Waals surface area contributed by atoms with E-state index in [0.717, 1.165) is 11.1 Å². The van der Waals surface area contributed by atoms with Crippen LogP contribution in [0.2, 0.25) is 0 Å². The van der Waals surface area contributed by atoms with Crippen LogP contribution in [0.5, 0.6) is 0 Å². The van der Waals surface area contributed by atoms with Gasteiger partial charge < -0.3 is 0 Å². The number of benzene rings is 2. The zero-order valence-electron chi connectivity index (χ0n) is 12.6. The maximum atomic E-state index is 13.2. The molecular formula is C18H20FNO. The van der Waals surface area contributed by atoms with Gasteiger partial charge in [-0.05, 0) is 38.6 Å². The molecule has 1 atom stereocenters. The Kier molecular flexibility index (Phi) is 4.86. The van der Waals surface area contributed by atoms with E-state index in [9.17, 15) is 9.18 Å². The molecule has 2 nitrogen and oxygen atoms in total. The van der Waals surface area contributed by atoms with Gasteiger partial charge in [0.1, 0.15) is 5.82 Å². The van der Waals surface area contributed by atoms with Crippen molar-refractivity contribution in [2.24, 2.45) is 0 Å². The van der Waals surface area contributed by atoms with Gasteiger partial charge in [0.2, 0.25) is 0 Å². The first-order valence-electron chi connectivity index (χ1n) is 7.03. The molecule has 0 fully saturated rings. The van der Waals surface area contributed by atoms with Crippen LogP contribution in [0, 0.1) is 12.7 Å². The highest BCUT2D eigenvalue weighted by Crippen LogP contribution is 2.13. The number of Topliss-reactive ketones (excluding diaryl/α,β-unsaturated/α-hetero) is 1. The number of halogens is 1. The maximum absolute atomic E-state index is 13.2. The van der Waals surface area contributed by atoms with Crippen molar-refractivity contribution < 1.29 is 9.18 Å². The first-order valence-corrected chi connectivity index (χ1v) is 7.03. The Morgan fingerprint density at radius 3 is 2.48 bits per heavy atom. The van der Waals surface area contributed by atoms with Gasteiger partial charge in [-0.15, -0.1) is 0 Å². The van der Waals surface area contributed by atoms with E-state index < -0.39 is 0 Å². The summed E-state index contributed by atoms with van der Waals surface area (Å²) in [7, 11) is 1.88. The molecule has 2 rings (SSSR count). The molecule has 21 heavy (non-hydrogen) atoms. The SMILES string of the molecule is Cc1ccc(C(=O)C(C)N(C)Cc2cccc(F)c2)cc1. The van der Waals surface area contributed by atoms with E-state index in [-0.39, 0.29) is 17.6 Å². The second kappa shape index (κ2) is 6.64. The fourth-order valence-corrected chi connectivity index (χ4v) is 2.22. The van der Waals surface area contributed by atoms with Crippen LogP contribution >= 0.6 is 0 Å². The molecule has 0 aromatic heterocycles. The summed E-state index contributed by atoms with van der Waals surface area (Å²) in [6.07, 6.45) is 0. The van der Waals surface area contributed by atoms with Crippen LogP contribution < -0.4 is 0 Å². The van der Waals surface area contributed by atoms with Crippen LogP contribution in [0.25, 0.3) is 0 Å². The number of hydrogen-bond donors (Lipinski definition) is 0. The molecular weight excluding hydrogens is 265 g/mol. The van der Waals surface area contributed by atoms with Crippen molar-refractivity contribution in [1.29, 1.82) is 0 Å². The lowest BCUT2D eigenvalue weighted by molar-refractivity contribution is 0.0862. The summed E-state index contributed by atoms with van der Waals surface area (Å²) in [5.74, 6) is -0.174. The van der Waals surface area contributed by atoms with Gasteiger partial charge in [0.25, 0.3) is 0 Å². The molecule has 0 saturated carbocycles. The number of hydrogen-bond acceptors (Lipinski definition) is 2. The summed E-state index contributed by atoms with van der Waals surface area (Å²) in [5, 5.41) is 0. The van der Waals surface area contributed by atoms with E-state index in [2.05, 4.69) is 0 Å². The summed E-state index contributed by atoms with van der Waals surface area (Å²) in [5.41, 5.74) is 2.70. The van der Waals surface area contributed by atoms with Crippen LogP contribution in [0.3, 0.4) is 0 Å². The Morgan fingerprint density at radius 2 is 1.86 bits per heavy atom. The van der Waals surface area contributed by atoms with E-state index in [1.54, 1.807) is 6.07 Å². The van der Waals surface area contributed by atoms with E-state index in [4.69, 9.17) is 0 Å². The van der Waals surface area contributed by atoms with Crippen molar-refractivity contribution in [2.75, 3.05) is 7.05 Å².